The summed E-state index contributed by atoms with van der Waals surface area (Å²) in [5.74, 6) is 0.939. The molecule has 2 aromatic carbocycles. The van der Waals surface area contributed by atoms with Gasteiger partial charge in [0.15, 0.2) is 0 Å². The zero-order valence-electron chi connectivity index (χ0n) is 12.4. The number of β-amino-alcohol motifs (C(OH)–C–C–N with tert-alkyl or cyclic N) is 1. The second-order valence-corrected chi connectivity index (χ2v) is 5.94. The molecule has 2 heterocycles. The molecule has 6 heteroatoms. The van der Waals surface area contributed by atoms with Gasteiger partial charge in [0, 0.05) is 11.6 Å². The van der Waals surface area contributed by atoms with E-state index in [0.29, 0.717) is 11.6 Å². The van der Waals surface area contributed by atoms with E-state index in [9.17, 15) is 5.11 Å². The van der Waals surface area contributed by atoms with Gasteiger partial charge in [0.2, 0.25) is 5.96 Å². The van der Waals surface area contributed by atoms with E-state index in [1.54, 1.807) is 12.1 Å². The third-order valence-corrected chi connectivity index (χ3v) is 4.39. The van der Waals surface area contributed by atoms with E-state index in [-0.39, 0.29) is 12.4 Å². The van der Waals surface area contributed by atoms with Crippen molar-refractivity contribution < 1.29 is 5.11 Å². The van der Waals surface area contributed by atoms with Crippen LogP contribution in [0, 0.1) is 0 Å². The fraction of sp³-hybridized carbons (Fsp3) is 0.235. The molecule has 2 aliphatic heterocycles. The number of benzene rings is 2. The summed E-state index contributed by atoms with van der Waals surface area (Å²) in [7, 11) is 0. The Hall–Kier alpha value is -1.75. The molecule has 1 unspecified atom stereocenters. The van der Waals surface area contributed by atoms with Gasteiger partial charge in [0.1, 0.15) is 0 Å². The number of nitrogens with zero attached hydrogens (tertiary/aromatic N) is 3. The lowest BCUT2D eigenvalue weighted by molar-refractivity contribution is 0.187. The van der Waals surface area contributed by atoms with Gasteiger partial charge in [-0.2, -0.15) is 0 Å². The molecule has 0 spiro atoms. The molecule has 4 rings (SSSR count). The molecule has 0 saturated carbocycles. The lowest BCUT2D eigenvalue weighted by Crippen LogP contribution is -2.37. The average Bonchev–Trinajstić information content (AvgIpc) is 3.11. The molecule has 2 aliphatic rings. The van der Waals surface area contributed by atoms with Gasteiger partial charge in [-0.25, -0.2) is 0 Å². The van der Waals surface area contributed by atoms with Crippen molar-refractivity contribution in [1.29, 1.82) is 0 Å². The van der Waals surface area contributed by atoms with Gasteiger partial charge in [-0.3, -0.25) is 4.99 Å². The maximum Gasteiger partial charge on any atom is 0.206 e. The molecule has 120 valence electrons. The number of halogens is 2. The van der Waals surface area contributed by atoms with Crippen LogP contribution in [0.4, 0.5) is 11.4 Å². The Labute approximate surface area is 146 Å². The minimum absolute atomic E-state index is 0. The molecule has 0 aliphatic carbocycles. The maximum atomic E-state index is 10.6. The van der Waals surface area contributed by atoms with E-state index in [1.807, 2.05) is 24.3 Å². The number of para-hydroxylation sites is 2. The monoisotopic (exact) mass is 349 g/mol. The number of aliphatic imine (C=N–C) groups is 1. The van der Waals surface area contributed by atoms with Gasteiger partial charge in [-0.05, 0) is 29.8 Å². The minimum atomic E-state index is -0.589. The standard InChI is InChI=1S/C17H16ClN3O.ClH/c18-13-7-5-12(6-8-13)16(22)11-21-15-4-2-1-3-14(15)20-10-9-19-17(20)21;/h1-8,16,22H,9-11H2;1H. The van der Waals surface area contributed by atoms with Crippen molar-refractivity contribution >= 4 is 41.3 Å². The van der Waals surface area contributed by atoms with Gasteiger partial charge in [-0.1, -0.05) is 35.9 Å². The Morgan fingerprint density at radius 1 is 1.09 bits per heavy atom. The van der Waals surface area contributed by atoms with Gasteiger partial charge < -0.3 is 14.9 Å². The zero-order valence-corrected chi connectivity index (χ0v) is 14.0. The summed E-state index contributed by atoms with van der Waals surface area (Å²) in [5.41, 5.74) is 3.13. The van der Waals surface area contributed by atoms with Gasteiger partial charge in [0.25, 0.3) is 0 Å². The first-order valence-electron chi connectivity index (χ1n) is 7.36. The van der Waals surface area contributed by atoms with Crippen molar-refractivity contribution in [3.05, 3.63) is 59.1 Å². The summed E-state index contributed by atoms with van der Waals surface area (Å²) in [6.45, 7) is 2.19. The molecular weight excluding hydrogens is 333 g/mol. The van der Waals surface area contributed by atoms with E-state index < -0.39 is 6.10 Å². The van der Waals surface area contributed by atoms with E-state index in [2.05, 4.69) is 26.9 Å². The van der Waals surface area contributed by atoms with Crippen LogP contribution in [0.15, 0.2) is 53.5 Å². The summed E-state index contributed by atoms with van der Waals surface area (Å²) in [6, 6.07) is 15.6. The normalized spacial score (nSPS) is 16.5. The number of guanidine groups is 1. The molecule has 4 nitrogen and oxygen atoms in total. The summed E-state index contributed by atoms with van der Waals surface area (Å²) in [4.78, 5) is 8.90. The highest BCUT2D eigenvalue weighted by Crippen LogP contribution is 2.39. The second-order valence-electron chi connectivity index (χ2n) is 5.50. The lowest BCUT2D eigenvalue weighted by Gasteiger charge is -2.23. The predicted octanol–water partition coefficient (Wildman–Crippen LogP) is 3.49. The molecule has 0 radical (unpaired) electrons. The fourth-order valence-corrected chi connectivity index (χ4v) is 3.19. The van der Waals surface area contributed by atoms with Gasteiger partial charge in [-0.15, -0.1) is 12.4 Å². The second kappa shape index (κ2) is 6.40. The van der Waals surface area contributed by atoms with Crippen LogP contribution in [0.3, 0.4) is 0 Å². The Bertz CT molecular complexity index is 733. The van der Waals surface area contributed by atoms with E-state index in [4.69, 9.17) is 11.6 Å². The molecule has 0 amide bonds. The first kappa shape index (κ1) is 16.1. The zero-order chi connectivity index (χ0) is 15.1. The Morgan fingerprint density at radius 2 is 1.78 bits per heavy atom. The predicted molar refractivity (Wildman–Crippen MR) is 97.1 cm³/mol. The van der Waals surface area contributed by atoms with Crippen molar-refractivity contribution in [3.63, 3.8) is 0 Å². The van der Waals surface area contributed by atoms with Crippen molar-refractivity contribution in [2.45, 2.75) is 6.10 Å². The highest BCUT2D eigenvalue weighted by molar-refractivity contribution is 6.30. The van der Waals surface area contributed by atoms with Crippen LogP contribution in [0.1, 0.15) is 11.7 Å². The summed E-state index contributed by atoms with van der Waals surface area (Å²) >= 11 is 5.91. The molecular formula is C17H17Cl2N3O. The minimum Gasteiger partial charge on any atom is -0.387 e. The van der Waals surface area contributed by atoms with Crippen LogP contribution in [0.25, 0.3) is 0 Å². The molecule has 0 fully saturated rings. The third-order valence-electron chi connectivity index (χ3n) is 4.13. The van der Waals surface area contributed by atoms with Crippen LogP contribution < -0.4 is 9.80 Å². The number of rotatable bonds is 3. The first-order chi connectivity index (χ1) is 10.7. The van der Waals surface area contributed by atoms with Crippen LogP contribution in [-0.4, -0.2) is 30.7 Å². The van der Waals surface area contributed by atoms with Gasteiger partial charge in [0.05, 0.1) is 30.6 Å². The number of anilines is 2. The average molecular weight is 350 g/mol. The summed E-state index contributed by atoms with van der Waals surface area (Å²) in [5, 5.41) is 11.2. The highest BCUT2D eigenvalue weighted by atomic mass is 35.5. The van der Waals surface area contributed by atoms with Gasteiger partial charge >= 0.3 is 0 Å². The molecule has 0 aromatic heterocycles. The van der Waals surface area contributed by atoms with E-state index >= 15 is 0 Å². The van der Waals surface area contributed by atoms with Crippen molar-refractivity contribution in [1.82, 2.24) is 0 Å². The van der Waals surface area contributed by atoms with Crippen LogP contribution >= 0.6 is 24.0 Å². The number of hydrogen-bond acceptors (Lipinski definition) is 4. The summed E-state index contributed by atoms with van der Waals surface area (Å²) in [6.07, 6.45) is -0.589. The maximum absolute atomic E-state index is 10.6. The number of aliphatic hydroxyl groups excluding tert-OH is 1. The Kier molecular flexibility index (Phi) is 4.48. The van der Waals surface area contributed by atoms with Crippen molar-refractivity contribution in [2.24, 2.45) is 4.99 Å². The SMILES string of the molecule is Cl.OC(CN1C2=NCCN2c2ccccc21)c1ccc(Cl)cc1. The quantitative estimate of drug-likeness (QED) is 0.921. The number of hydrogen-bond donors (Lipinski definition) is 1. The smallest absolute Gasteiger partial charge is 0.206 e. The molecule has 1 N–H and O–H groups in total. The summed E-state index contributed by atoms with van der Waals surface area (Å²) < 4.78 is 0. The molecule has 0 bridgehead atoms. The Morgan fingerprint density at radius 3 is 2.52 bits per heavy atom. The largest absolute Gasteiger partial charge is 0.387 e. The van der Waals surface area contributed by atoms with Crippen molar-refractivity contribution in [2.75, 3.05) is 29.4 Å². The molecule has 2 aromatic rings. The topological polar surface area (TPSA) is 39.1 Å². The van der Waals surface area contributed by atoms with Crippen molar-refractivity contribution in [3.8, 4) is 0 Å². The number of aliphatic hydroxyl groups is 1. The molecule has 23 heavy (non-hydrogen) atoms. The van der Waals surface area contributed by atoms with Crippen LogP contribution in [0.5, 0.6) is 0 Å². The lowest BCUT2D eigenvalue weighted by atomic mass is 10.1. The van der Waals surface area contributed by atoms with E-state index in [0.717, 1.165) is 30.3 Å². The molecule has 0 saturated heterocycles. The first-order valence-corrected chi connectivity index (χ1v) is 7.74. The van der Waals surface area contributed by atoms with Crippen LogP contribution in [0.2, 0.25) is 5.02 Å². The molecule has 1 atom stereocenters. The third kappa shape index (κ3) is 2.78. The number of fused-ring (bicyclic) bond motifs is 3. The highest BCUT2D eigenvalue weighted by Gasteiger charge is 2.35. The Balaban J connectivity index is 0.00000156. The van der Waals surface area contributed by atoms with Crippen LogP contribution in [-0.2, 0) is 0 Å². The van der Waals surface area contributed by atoms with E-state index in [1.165, 1.54) is 5.69 Å². The fourth-order valence-electron chi connectivity index (χ4n) is 3.07.